The van der Waals surface area contributed by atoms with Gasteiger partial charge in [-0.05, 0) is 54.7 Å². The highest BCUT2D eigenvalue weighted by Gasteiger charge is 2.28. The van der Waals surface area contributed by atoms with Crippen molar-refractivity contribution in [3.8, 4) is 16.8 Å². The average molecular weight is 461 g/mol. The minimum absolute atomic E-state index is 0.167. The molecule has 33 heavy (non-hydrogen) atoms. The molecule has 0 bridgehead atoms. The Morgan fingerprint density at radius 2 is 1.79 bits per heavy atom. The molecule has 1 fully saturated rings. The van der Waals surface area contributed by atoms with Gasteiger partial charge in [0.25, 0.3) is 5.56 Å². The molecule has 0 radical (unpaired) electrons. The van der Waals surface area contributed by atoms with Crippen LogP contribution in [0.3, 0.4) is 0 Å². The number of halogens is 1. The highest BCUT2D eigenvalue weighted by molar-refractivity contribution is 6.30. The van der Waals surface area contributed by atoms with Crippen LogP contribution in [0.4, 0.5) is 0 Å². The van der Waals surface area contributed by atoms with Crippen LogP contribution in [-0.2, 0) is 20.6 Å². The Balaban J connectivity index is 1.70. The summed E-state index contributed by atoms with van der Waals surface area (Å²) in [7, 11) is 3.55. The Labute approximate surface area is 193 Å². The second kappa shape index (κ2) is 7.18. The zero-order chi connectivity index (χ0) is 22.9. The van der Waals surface area contributed by atoms with E-state index in [1.165, 1.54) is 9.25 Å². The Kier molecular flexibility index (Phi) is 4.35. The maximum Gasteiger partial charge on any atom is 0.330 e. The molecule has 0 spiro atoms. The fourth-order valence-electron chi connectivity index (χ4n) is 4.40. The lowest BCUT2D eigenvalue weighted by molar-refractivity contribution is 0.609. The summed E-state index contributed by atoms with van der Waals surface area (Å²) in [5.74, 6) is 0.460. The van der Waals surface area contributed by atoms with Gasteiger partial charge in [-0.25, -0.2) is 4.79 Å². The molecule has 0 aliphatic heterocycles. The zero-order valence-electron chi connectivity index (χ0n) is 18.2. The third kappa shape index (κ3) is 3.21. The molecule has 1 aliphatic rings. The molecular weight excluding hydrogens is 440 g/mol. The van der Waals surface area contributed by atoms with Crippen LogP contribution >= 0.6 is 11.6 Å². The van der Waals surface area contributed by atoms with E-state index in [0.29, 0.717) is 45.5 Å². The molecule has 8 nitrogen and oxygen atoms in total. The predicted octanol–water partition coefficient (Wildman–Crippen LogP) is 3.50. The van der Waals surface area contributed by atoms with Gasteiger partial charge in [0.05, 0.1) is 16.8 Å². The minimum Gasteiger partial charge on any atom is -0.289 e. The summed E-state index contributed by atoms with van der Waals surface area (Å²) in [5.41, 5.74) is 3.17. The van der Waals surface area contributed by atoms with Gasteiger partial charge >= 0.3 is 5.69 Å². The maximum atomic E-state index is 13.9. The van der Waals surface area contributed by atoms with E-state index in [-0.39, 0.29) is 11.2 Å². The standard InChI is InChI=1S/C24H21ClN6O2/c1-28-13-16-11-18(9-10-19(16)26-28)31-23(32)20(15-5-7-17(25)8-6-15)21-22(27-31)29(2)24(33)30(21)12-14-3-4-14/h5-11,13-14H,3-4,12H2,1-2H3. The van der Waals surface area contributed by atoms with Gasteiger partial charge in [0.15, 0.2) is 5.65 Å². The van der Waals surface area contributed by atoms with Crippen LogP contribution in [0.5, 0.6) is 0 Å². The lowest BCUT2D eigenvalue weighted by Crippen LogP contribution is -2.24. The molecule has 0 N–H and O–H groups in total. The summed E-state index contributed by atoms with van der Waals surface area (Å²) in [6, 6.07) is 12.7. The van der Waals surface area contributed by atoms with Crippen molar-refractivity contribution in [2.24, 2.45) is 20.0 Å². The van der Waals surface area contributed by atoms with E-state index in [9.17, 15) is 9.59 Å². The molecule has 6 rings (SSSR count). The smallest absolute Gasteiger partial charge is 0.289 e. The predicted molar refractivity (Wildman–Crippen MR) is 128 cm³/mol. The van der Waals surface area contributed by atoms with Crippen LogP contribution in [0.15, 0.2) is 58.3 Å². The molecule has 0 saturated heterocycles. The van der Waals surface area contributed by atoms with Crippen molar-refractivity contribution >= 4 is 33.7 Å². The number of hydrogen-bond acceptors (Lipinski definition) is 4. The molecule has 3 aromatic heterocycles. The molecule has 3 heterocycles. The van der Waals surface area contributed by atoms with Crippen molar-refractivity contribution < 1.29 is 0 Å². The summed E-state index contributed by atoms with van der Waals surface area (Å²) >= 11 is 6.12. The van der Waals surface area contributed by atoms with Crippen molar-refractivity contribution in [3.05, 3.63) is 74.5 Å². The maximum absolute atomic E-state index is 13.9. The third-order valence-electron chi connectivity index (χ3n) is 6.27. The van der Waals surface area contributed by atoms with Crippen LogP contribution in [0.2, 0.25) is 5.02 Å². The second-order valence-electron chi connectivity index (χ2n) is 8.71. The van der Waals surface area contributed by atoms with E-state index in [1.807, 2.05) is 43.6 Å². The van der Waals surface area contributed by atoms with Crippen LogP contribution in [-0.4, -0.2) is 28.7 Å². The second-order valence-corrected chi connectivity index (χ2v) is 9.15. The molecule has 2 aromatic carbocycles. The van der Waals surface area contributed by atoms with E-state index < -0.39 is 0 Å². The Morgan fingerprint density at radius 3 is 2.52 bits per heavy atom. The number of nitrogens with zero attached hydrogens (tertiary/aromatic N) is 6. The van der Waals surface area contributed by atoms with Gasteiger partial charge in [0.1, 0.15) is 5.52 Å². The summed E-state index contributed by atoms with van der Waals surface area (Å²) in [5, 5.41) is 10.5. The normalized spacial score (nSPS) is 13.9. The molecule has 1 saturated carbocycles. The van der Waals surface area contributed by atoms with E-state index in [1.54, 1.807) is 28.4 Å². The number of benzene rings is 2. The SMILES string of the molecule is Cn1cc2cc(-n3nc4c(c(-c5ccc(Cl)cc5)c3=O)n(CC3CC3)c(=O)n4C)ccc2n1. The molecule has 0 amide bonds. The molecular formula is C24H21ClN6O2. The summed E-state index contributed by atoms with van der Waals surface area (Å²) in [4.78, 5) is 27.1. The van der Waals surface area contributed by atoms with Gasteiger partial charge in [0.2, 0.25) is 0 Å². The van der Waals surface area contributed by atoms with Crippen LogP contribution in [0.1, 0.15) is 12.8 Å². The Morgan fingerprint density at radius 1 is 1.03 bits per heavy atom. The highest BCUT2D eigenvalue weighted by Crippen LogP contribution is 2.33. The number of hydrogen-bond donors (Lipinski definition) is 0. The van der Waals surface area contributed by atoms with E-state index in [2.05, 4.69) is 10.2 Å². The number of fused-ring (bicyclic) bond motifs is 2. The van der Waals surface area contributed by atoms with E-state index in [0.717, 1.165) is 23.7 Å². The Hall–Kier alpha value is -3.65. The first-order valence-electron chi connectivity index (χ1n) is 10.8. The number of rotatable bonds is 4. The number of aryl methyl sites for hydroxylation is 2. The van der Waals surface area contributed by atoms with Gasteiger partial charge in [-0.2, -0.15) is 9.78 Å². The summed E-state index contributed by atoms with van der Waals surface area (Å²) in [6.45, 7) is 0.587. The first-order valence-corrected chi connectivity index (χ1v) is 11.2. The molecule has 0 unspecified atom stereocenters. The lowest BCUT2D eigenvalue weighted by atomic mass is 10.1. The summed E-state index contributed by atoms with van der Waals surface area (Å²) < 4.78 is 6.34. The van der Waals surface area contributed by atoms with Crippen molar-refractivity contribution in [1.29, 1.82) is 0 Å². The van der Waals surface area contributed by atoms with Crippen molar-refractivity contribution in [1.82, 2.24) is 28.7 Å². The topological polar surface area (TPSA) is 79.6 Å². The fraction of sp³-hybridized carbons (Fsp3) is 0.250. The van der Waals surface area contributed by atoms with E-state index in [4.69, 9.17) is 11.6 Å². The van der Waals surface area contributed by atoms with Gasteiger partial charge in [-0.15, -0.1) is 5.10 Å². The van der Waals surface area contributed by atoms with Crippen LogP contribution in [0.25, 0.3) is 38.9 Å². The first kappa shape index (κ1) is 20.0. The Bertz CT molecular complexity index is 1670. The van der Waals surface area contributed by atoms with Gasteiger partial charge in [-0.1, -0.05) is 23.7 Å². The molecule has 0 atom stereocenters. The molecule has 9 heteroatoms. The van der Waals surface area contributed by atoms with Gasteiger partial charge < -0.3 is 0 Å². The third-order valence-corrected chi connectivity index (χ3v) is 6.52. The van der Waals surface area contributed by atoms with E-state index >= 15 is 0 Å². The van der Waals surface area contributed by atoms with Gasteiger partial charge in [-0.3, -0.25) is 18.6 Å². The van der Waals surface area contributed by atoms with Crippen molar-refractivity contribution in [3.63, 3.8) is 0 Å². The van der Waals surface area contributed by atoms with Crippen LogP contribution < -0.4 is 11.2 Å². The first-order chi connectivity index (χ1) is 15.9. The largest absolute Gasteiger partial charge is 0.330 e. The molecule has 5 aromatic rings. The zero-order valence-corrected chi connectivity index (χ0v) is 19.0. The lowest BCUT2D eigenvalue weighted by Gasteiger charge is -2.11. The average Bonchev–Trinajstić information content (AvgIpc) is 3.50. The van der Waals surface area contributed by atoms with Crippen molar-refractivity contribution in [2.45, 2.75) is 19.4 Å². The minimum atomic E-state index is -0.289. The quantitative estimate of drug-likeness (QED) is 0.411. The molecule has 1 aliphatic carbocycles. The number of aromatic nitrogens is 6. The van der Waals surface area contributed by atoms with Gasteiger partial charge in [0, 0.05) is 37.2 Å². The highest BCUT2D eigenvalue weighted by atomic mass is 35.5. The fourth-order valence-corrected chi connectivity index (χ4v) is 4.53. The van der Waals surface area contributed by atoms with Crippen LogP contribution in [0, 0.1) is 5.92 Å². The summed E-state index contributed by atoms with van der Waals surface area (Å²) in [6.07, 6.45) is 4.08. The number of imidazole rings is 1. The molecule has 166 valence electrons. The monoisotopic (exact) mass is 460 g/mol. The van der Waals surface area contributed by atoms with Crippen molar-refractivity contribution in [2.75, 3.05) is 0 Å².